The minimum atomic E-state index is -0.801. The van der Waals surface area contributed by atoms with Gasteiger partial charge in [-0.3, -0.25) is 14.5 Å². The number of nitrogens with zero attached hydrogens (tertiary/aromatic N) is 1. The molecule has 3 rings (SSSR count). The van der Waals surface area contributed by atoms with Crippen LogP contribution in [0.15, 0.2) is 30.3 Å². The van der Waals surface area contributed by atoms with E-state index in [9.17, 15) is 14.4 Å². The maximum atomic E-state index is 13.0. The molecule has 1 saturated heterocycles. The fourth-order valence-electron chi connectivity index (χ4n) is 4.31. The number of urea groups is 1. The van der Waals surface area contributed by atoms with E-state index in [0.29, 0.717) is 18.8 Å². The number of imide groups is 1. The smallest absolute Gasteiger partial charge is 0.325 e. The normalized spacial score (nSPS) is 20.2. The monoisotopic (exact) mass is 385 g/mol. The number of hydrogen-bond donors (Lipinski definition) is 2. The SMILES string of the molecule is CC(C)C[C@H](NC(=O)CN1C(=O)NC2(CCCCCC2)C1=O)c1ccccc1. The number of nitrogens with one attached hydrogen (secondary N) is 2. The van der Waals surface area contributed by atoms with Crippen molar-refractivity contribution in [2.75, 3.05) is 6.54 Å². The van der Waals surface area contributed by atoms with Gasteiger partial charge in [-0.1, -0.05) is 69.9 Å². The number of hydrogen-bond acceptors (Lipinski definition) is 3. The Hall–Kier alpha value is -2.37. The minimum absolute atomic E-state index is 0.138. The molecule has 152 valence electrons. The first-order valence-electron chi connectivity index (χ1n) is 10.4. The summed E-state index contributed by atoms with van der Waals surface area (Å²) >= 11 is 0. The molecule has 1 atom stereocenters. The summed E-state index contributed by atoms with van der Waals surface area (Å²) in [6.45, 7) is 3.98. The van der Waals surface area contributed by atoms with Gasteiger partial charge in [-0.05, 0) is 30.7 Å². The Kier molecular flexibility index (Phi) is 6.37. The van der Waals surface area contributed by atoms with Crippen molar-refractivity contribution in [2.45, 2.75) is 70.4 Å². The molecule has 0 aromatic heterocycles. The van der Waals surface area contributed by atoms with E-state index in [-0.39, 0.29) is 24.4 Å². The molecule has 6 nitrogen and oxygen atoms in total. The fourth-order valence-corrected chi connectivity index (χ4v) is 4.31. The third kappa shape index (κ3) is 4.54. The van der Waals surface area contributed by atoms with E-state index >= 15 is 0 Å². The molecular weight excluding hydrogens is 354 g/mol. The van der Waals surface area contributed by atoms with Crippen molar-refractivity contribution in [1.82, 2.24) is 15.5 Å². The van der Waals surface area contributed by atoms with Crippen LogP contribution in [0.3, 0.4) is 0 Å². The van der Waals surface area contributed by atoms with Crippen LogP contribution < -0.4 is 10.6 Å². The van der Waals surface area contributed by atoms with E-state index in [2.05, 4.69) is 24.5 Å². The molecule has 2 fully saturated rings. The molecule has 6 heteroatoms. The largest absolute Gasteiger partial charge is 0.348 e. The zero-order valence-electron chi connectivity index (χ0n) is 16.9. The molecule has 1 aliphatic carbocycles. The summed E-state index contributed by atoms with van der Waals surface area (Å²) in [6, 6.07) is 9.23. The van der Waals surface area contributed by atoms with Crippen LogP contribution in [0.25, 0.3) is 0 Å². The molecule has 1 saturated carbocycles. The van der Waals surface area contributed by atoms with Gasteiger partial charge in [0.05, 0.1) is 6.04 Å². The summed E-state index contributed by atoms with van der Waals surface area (Å²) in [7, 11) is 0. The molecule has 1 spiro atoms. The Bertz CT molecular complexity index is 709. The van der Waals surface area contributed by atoms with Gasteiger partial charge in [-0.25, -0.2) is 4.79 Å². The van der Waals surface area contributed by atoms with Gasteiger partial charge in [0.15, 0.2) is 0 Å². The van der Waals surface area contributed by atoms with Gasteiger partial charge < -0.3 is 10.6 Å². The summed E-state index contributed by atoms with van der Waals surface area (Å²) in [5, 5.41) is 5.91. The van der Waals surface area contributed by atoms with E-state index < -0.39 is 11.6 Å². The first kappa shape index (κ1) is 20.4. The van der Waals surface area contributed by atoms with Crippen molar-refractivity contribution in [3.05, 3.63) is 35.9 Å². The van der Waals surface area contributed by atoms with Gasteiger partial charge in [0.2, 0.25) is 5.91 Å². The second-order valence-electron chi connectivity index (χ2n) is 8.48. The highest BCUT2D eigenvalue weighted by Crippen LogP contribution is 2.32. The maximum Gasteiger partial charge on any atom is 0.325 e. The highest BCUT2D eigenvalue weighted by atomic mass is 16.2. The number of carbonyl (C=O) groups excluding carboxylic acids is 3. The fraction of sp³-hybridized carbons (Fsp3) is 0.591. The molecule has 0 bridgehead atoms. The van der Waals surface area contributed by atoms with E-state index in [4.69, 9.17) is 0 Å². The van der Waals surface area contributed by atoms with Crippen LogP contribution in [-0.2, 0) is 9.59 Å². The number of benzene rings is 1. The third-order valence-electron chi connectivity index (χ3n) is 5.75. The minimum Gasteiger partial charge on any atom is -0.348 e. The van der Waals surface area contributed by atoms with E-state index in [1.807, 2.05) is 30.3 Å². The molecule has 2 aliphatic rings. The van der Waals surface area contributed by atoms with Crippen molar-refractivity contribution in [3.63, 3.8) is 0 Å². The Labute approximate surface area is 167 Å². The Morgan fingerprint density at radius 1 is 1.11 bits per heavy atom. The Morgan fingerprint density at radius 3 is 2.36 bits per heavy atom. The lowest BCUT2D eigenvalue weighted by Crippen LogP contribution is -2.47. The topological polar surface area (TPSA) is 78.5 Å². The van der Waals surface area contributed by atoms with E-state index in [0.717, 1.165) is 42.6 Å². The highest BCUT2D eigenvalue weighted by molar-refractivity contribution is 6.09. The Balaban J connectivity index is 1.67. The lowest BCUT2D eigenvalue weighted by Gasteiger charge is -2.25. The summed E-state index contributed by atoms with van der Waals surface area (Å²) < 4.78 is 0. The first-order valence-corrected chi connectivity index (χ1v) is 10.4. The number of carbonyl (C=O) groups is 3. The van der Waals surface area contributed by atoms with Crippen LogP contribution >= 0.6 is 0 Å². The third-order valence-corrected chi connectivity index (χ3v) is 5.75. The van der Waals surface area contributed by atoms with Crippen molar-refractivity contribution >= 4 is 17.8 Å². The maximum absolute atomic E-state index is 13.0. The van der Waals surface area contributed by atoms with Crippen molar-refractivity contribution in [1.29, 1.82) is 0 Å². The predicted octanol–water partition coefficient (Wildman–Crippen LogP) is 3.53. The summed E-state index contributed by atoms with van der Waals surface area (Å²) in [5.74, 6) is -0.144. The zero-order valence-corrected chi connectivity index (χ0v) is 16.9. The molecular formula is C22H31N3O3. The molecule has 1 aromatic carbocycles. The standard InChI is InChI=1S/C22H31N3O3/c1-16(2)14-18(17-10-6-5-7-11-17)23-19(26)15-25-20(27)22(24-21(25)28)12-8-3-4-9-13-22/h5-7,10-11,16,18H,3-4,8-9,12-15H2,1-2H3,(H,23,26)(H,24,28)/t18-/m0/s1. The summed E-state index contributed by atoms with van der Waals surface area (Å²) in [5.41, 5.74) is 0.229. The lowest BCUT2D eigenvalue weighted by atomic mass is 9.90. The molecule has 0 unspecified atom stereocenters. The molecule has 2 N–H and O–H groups in total. The van der Waals surface area contributed by atoms with Crippen LogP contribution in [0.4, 0.5) is 4.79 Å². The quantitative estimate of drug-likeness (QED) is 0.735. The van der Waals surface area contributed by atoms with Crippen LogP contribution in [0, 0.1) is 5.92 Å². The van der Waals surface area contributed by atoms with Gasteiger partial charge >= 0.3 is 6.03 Å². The highest BCUT2D eigenvalue weighted by Gasteiger charge is 2.51. The average Bonchev–Trinajstić information content (AvgIpc) is 2.83. The lowest BCUT2D eigenvalue weighted by molar-refractivity contribution is -0.135. The van der Waals surface area contributed by atoms with Gasteiger partial charge in [-0.15, -0.1) is 0 Å². The Morgan fingerprint density at radius 2 is 1.75 bits per heavy atom. The number of rotatable bonds is 6. The summed E-state index contributed by atoms with van der Waals surface area (Å²) in [4.78, 5) is 39.2. The molecule has 1 aromatic rings. The van der Waals surface area contributed by atoms with Crippen molar-refractivity contribution in [2.24, 2.45) is 5.92 Å². The molecule has 4 amide bonds. The zero-order chi connectivity index (χ0) is 20.1. The summed E-state index contributed by atoms with van der Waals surface area (Å²) in [6.07, 6.45) is 6.14. The van der Waals surface area contributed by atoms with Crippen LogP contribution in [0.2, 0.25) is 0 Å². The van der Waals surface area contributed by atoms with Gasteiger partial charge in [0.25, 0.3) is 5.91 Å². The molecule has 0 radical (unpaired) electrons. The second kappa shape index (κ2) is 8.76. The predicted molar refractivity (Wildman–Crippen MR) is 107 cm³/mol. The van der Waals surface area contributed by atoms with Gasteiger partial charge in [0, 0.05) is 0 Å². The van der Waals surface area contributed by atoms with E-state index in [1.54, 1.807) is 0 Å². The average molecular weight is 386 g/mol. The van der Waals surface area contributed by atoms with Crippen LogP contribution in [-0.4, -0.2) is 34.8 Å². The molecule has 1 heterocycles. The van der Waals surface area contributed by atoms with E-state index in [1.165, 1.54) is 0 Å². The molecule has 28 heavy (non-hydrogen) atoms. The van der Waals surface area contributed by atoms with Gasteiger partial charge in [0.1, 0.15) is 12.1 Å². The van der Waals surface area contributed by atoms with Crippen molar-refractivity contribution in [3.8, 4) is 0 Å². The van der Waals surface area contributed by atoms with Crippen LogP contribution in [0.5, 0.6) is 0 Å². The van der Waals surface area contributed by atoms with Crippen molar-refractivity contribution < 1.29 is 14.4 Å². The number of amides is 4. The van der Waals surface area contributed by atoms with Crippen LogP contribution in [0.1, 0.15) is 70.4 Å². The molecule has 1 aliphatic heterocycles. The first-order chi connectivity index (χ1) is 13.4. The second-order valence-corrected chi connectivity index (χ2v) is 8.48. The van der Waals surface area contributed by atoms with Gasteiger partial charge in [-0.2, -0.15) is 0 Å².